The molecule has 2 amide bonds. The normalized spacial score (nSPS) is 11.1. The lowest BCUT2D eigenvalue weighted by Crippen LogP contribution is -2.46. The van der Waals surface area contributed by atoms with E-state index in [0.717, 1.165) is 5.56 Å². The number of nitrogens with two attached hydrogens (primary N) is 1. The van der Waals surface area contributed by atoms with Crippen molar-refractivity contribution in [1.82, 2.24) is 5.32 Å². The van der Waals surface area contributed by atoms with E-state index in [4.69, 9.17) is 17.3 Å². The number of carbonyl (C=O) groups excluding carboxylic acids is 3. The first kappa shape index (κ1) is 26.1. The first-order valence-electron chi connectivity index (χ1n) is 10.1. The van der Waals surface area contributed by atoms with Crippen LogP contribution in [0.4, 0.5) is 5.69 Å². The largest absolute Gasteiger partial charge is 0.346 e. The van der Waals surface area contributed by atoms with Crippen molar-refractivity contribution < 1.29 is 14.4 Å². The highest BCUT2D eigenvalue weighted by Crippen LogP contribution is 2.26. The molecule has 0 unspecified atom stereocenters. The second-order valence-corrected chi connectivity index (χ2v) is 7.76. The van der Waals surface area contributed by atoms with Gasteiger partial charge in [0.2, 0.25) is 11.8 Å². The third-order valence-electron chi connectivity index (χ3n) is 5.02. The van der Waals surface area contributed by atoms with Crippen LogP contribution in [-0.4, -0.2) is 37.2 Å². The molecular formula is C25H25Cl2N3O3. The van der Waals surface area contributed by atoms with Gasteiger partial charge in [0.15, 0.2) is 5.78 Å². The van der Waals surface area contributed by atoms with Gasteiger partial charge >= 0.3 is 0 Å². The highest BCUT2D eigenvalue weighted by molar-refractivity contribution is 6.31. The van der Waals surface area contributed by atoms with Crippen molar-refractivity contribution in [2.45, 2.75) is 12.5 Å². The van der Waals surface area contributed by atoms with E-state index >= 15 is 0 Å². The minimum absolute atomic E-state index is 0. The van der Waals surface area contributed by atoms with E-state index in [1.54, 1.807) is 43.4 Å². The second kappa shape index (κ2) is 12.2. The molecule has 0 saturated heterocycles. The molecule has 0 radical (unpaired) electrons. The maximum absolute atomic E-state index is 13.0. The van der Waals surface area contributed by atoms with E-state index in [1.807, 2.05) is 36.4 Å². The van der Waals surface area contributed by atoms with Gasteiger partial charge in [-0.15, -0.1) is 12.4 Å². The smallest absolute Gasteiger partial charge is 0.246 e. The number of nitrogens with one attached hydrogen (secondary N) is 1. The summed E-state index contributed by atoms with van der Waals surface area (Å²) in [6.07, 6.45) is 0.365. The zero-order chi connectivity index (χ0) is 23.1. The molecule has 6 nitrogen and oxygen atoms in total. The minimum atomic E-state index is -0.777. The number of ketones is 1. The highest BCUT2D eigenvalue weighted by Gasteiger charge is 2.21. The molecular weight excluding hydrogens is 461 g/mol. The number of hydrogen-bond acceptors (Lipinski definition) is 4. The molecule has 0 heterocycles. The van der Waals surface area contributed by atoms with Gasteiger partial charge in [0.25, 0.3) is 0 Å². The third-order valence-corrected chi connectivity index (χ3v) is 5.26. The van der Waals surface area contributed by atoms with Crippen LogP contribution in [0.1, 0.15) is 21.5 Å². The molecule has 33 heavy (non-hydrogen) atoms. The number of benzene rings is 3. The van der Waals surface area contributed by atoms with Gasteiger partial charge in [-0.25, -0.2) is 0 Å². The highest BCUT2D eigenvalue weighted by atomic mass is 35.5. The molecule has 0 aliphatic carbocycles. The number of nitrogens with zero attached hydrogens (tertiary/aromatic N) is 1. The van der Waals surface area contributed by atoms with Gasteiger partial charge in [0, 0.05) is 23.2 Å². The Balaban J connectivity index is 0.00000385. The van der Waals surface area contributed by atoms with Gasteiger partial charge in [0.05, 0.1) is 18.3 Å². The summed E-state index contributed by atoms with van der Waals surface area (Å²) in [5.41, 5.74) is 8.09. The molecule has 0 spiro atoms. The van der Waals surface area contributed by atoms with E-state index in [1.165, 1.54) is 11.0 Å². The molecule has 0 fully saturated rings. The van der Waals surface area contributed by atoms with Crippen molar-refractivity contribution in [2.75, 3.05) is 18.5 Å². The van der Waals surface area contributed by atoms with Crippen LogP contribution in [-0.2, 0) is 16.0 Å². The van der Waals surface area contributed by atoms with Crippen molar-refractivity contribution in [3.63, 3.8) is 0 Å². The zero-order valence-electron chi connectivity index (χ0n) is 18.0. The topological polar surface area (TPSA) is 92.5 Å². The SMILES string of the molecule is CN(C(=O)CNC(=O)[C@@H](N)Cc1ccccc1)c1ccc(Cl)cc1C(=O)c1ccccc1.Cl. The lowest BCUT2D eigenvalue weighted by atomic mass is 10.0. The zero-order valence-corrected chi connectivity index (χ0v) is 19.6. The van der Waals surface area contributed by atoms with Crippen LogP contribution < -0.4 is 16.0 Å². The summed E-state index contributed by atoms with van der Waals surface area (Å²) in [6, 6.07) is 22.1. The lowest BCUT2D eigenvalue weighted by molar-refractivity contribution is -0.125. The lowest BCUT2D eigenvalue weighted by Gasteiger charge is -2.21. The summed E-state index contributed by atoms with van der Waals surface area (Å²) in [7, 11) is 1.55. The predicted octanol–water partition coefficient (Wildman–Crippen LogP) is 3.64. The van der Waals surface area contributed by atoms with Crippen molar-refractivity contribution >= 4 is 47.3 Å². The molecule has 3 aromatic rings. The minimum Gasteiger partial charge on any atom is -0.346 e. The molecule has 0 saturated carbocycles. The summed E-state index contributed by atoms with van der Waals surface area (Å²) in [4.78, 5) is 39.4. The Kier molecular flexibility index (Phi) is 9.60. The summed E-state index contributed by atoms with van der Waals surface area (Å²) in [5, 5.41) is 2.96. The maximum atomic E-state index is 13.0. The standard InChI is InChI=1S/C25H24ClN3O3.ClH/c1-29(23(30)16-28-25(32)21(27)14-17-8-4-2-5-9-17)22-13-12-19(26)15-20(22)24(31)18-10-6-3-7-11-18;/h2-13,15,21H,14,16,27H2,1H3,(H,28,32);1H/t21-;/m0./s1. The molecule has 3 N–H and O–H groups in total. The monoisotopic (exact) mass is 485 g/mol. The summed E-state index contributed by atoms with van der Waals surface area (Å²) in [6.45, 7) is -0.251. The summed E-state index contributed by atoms with van der Waals surface area (Å²) < 4.78 is 0. The number of likely N-dealkylation sites (N-methyl/N-ethyl adjacent to an activating group) is 1. The molecule has 3 rings (SSSR count). The van der Waals surface area contributed by atoms with Crippen molar-refractivity contribution in [3.05, 3.63) is 101 Å². The van der Waals surface area contributed by atoms with Crippen LogP contribution in [0.3, 0.4) is 0 Å². The van der Waals surface area contributed by atoms with Gasteiger partial charge < -0.3 is 16.0 Å². The number of carbonyl (C=O) groups is 3. The fraction of sp³-hybridized carbons (Fsp3) is 0.160. The number of halogens is 2. The molecule has 0 aliphatic heterocycles. The van der Waals surface area contributed by atoms with Gasteiger partial charge in [-0.05, 0) is 30.2 Å². The third kappa shape index (κ3) is 6.89. The fourth-order valence-electron chi connectivity index (χ4n) is 3.24. The molecule has 8 heteroatoms. The summed E-state index contributed by atoms with van der Waals surface area (Å²) in [5.74, 6) is -1.07. The van der Waals surface area contributed by atoms with Gasteiger partial charge in [0.1, 0.15) is 0 Å². The Hall–Kier alpha value is -3.19. The molecule has 3 aromatic carbocycles. The average Bonchev–Trinajstić information content (AvgIpc) is 2.82. The van der Waals surface area contributed by atoms with E-state index in [-0.39, 0.29) is 24.7 Å². The first-order chi connectivity index (χ1) is 15.4. The van der Waals surface area contributed by atoms with Crippen molar-refractivity contribution in [2.24, 2.45) is 5.73 Å². The van der Waals surface area contributed by atoms with E-state index in [2.05, 4.69) is 5.32 Å². The molecule has 1 atom stereocenters. The Bertz CT molecular complexity index is 1110. The van der Waals surface area contributed by atoms with Crippen molar-refractivity contribution in [3.8, 4) is 0 Å². The maximum Gasteiger partial charge on any atom is 0.246 e. The average molecular weight is 486 g/mol. The van der Waals surface area contributed by atoms with E-state index in [9.17, 15) is 14.4 Å². The van der Waals surface area contributed by atoms with Crippen LogP contribution in [0.5, 0.6) is 0 Å². The molecule has 0 bridgehead atoms. The van der Waals surface area contributed by atoms with E-state index < -0.39 is 17.9 Å². The molecule has 0 aromatic heterocycles. The van der Waals surface area contributed by atoms with Crippen LogP contribution in [0, 0.1) is 0 Å². The van der Waals surface area contributed by atoms with Gasteiger partial charge in [-0.2, -0.15) is 0 Å². The number of anilines is 1. The van der Waals surface area contributed by atoms with Crippen molar-refractivity contribution in [1.29, 1.82) is 0 Å². The van der Waals surface area contributed by atoms with Crippen LogP contribution in [0.25, 0.3) is 0 Å². The Morgan fingerprint density at radius 3 is 2.21 bits per heavy atom. The Morgan fingerprint density at radius 1 is 0.970 bits per heavy atom. The quantitative estimate of drug-likeness (QED) is 0.476. The van der Waals surface area contributed by atoms with Gasteiger partial charge in [-0.3, -0.25) is 14.4 Å². The van der Waals surface area contributed by atoms with E-state index in [0.29, 0.717) is 28.3 Å². The fourth-order valence-corrected chi connectivity index (χ4v) is 3.41. The van der Waals surface area contributed by atoms with Crippen LogP contribution in [0.15, 0.2) is 78.9 Å². The Labute approximate surface area is 204 Å². The summed E-state index contributed by atoms with van der Waals surface area (Å²) >= 11 is 6.11. The molecule has 0 aliphatic rings. The van der Waals surface area contributed by atoms with Crippen LogP contribution in [0.2, 0.25) is 5.02 Å². The Morgan fingerprint density at radius 2 is 1.58 bits per heavy atom. The molecule has 172 valence electrons. The predicted molar refractivity (Wildman–Crippen MR) is 133 cm³/mol. The number of rotatable bonds is 8. The number of hydrogen-bond donors (Lipinski definition) is 2. The van der Waals surface area contributed by atoms with Crippen LogP contribution >= 0.6 is 24.0 Å². The number of amides is 2. The second-order valence-electron chi connectivity index (χ2n) is 7.32. The first-order valence-corrected chi connectivity index (χ1v) is 10.5. The van der Waals surface area contributed by atoms with Gasteiger partial charge in [-0.1, -0.05) is 72.3 Å².